The van der Waals surface area contributed by atoms with E-state index in [0.29, 0.717) is 18.8 Å². The Labute approximate surface area is 148 Å². The van der Waals surface area contributed by atoms with E-state index in [9.17, 15) is 4.79 Å². The molecule has 0 spiro atoms. The number of nitrogens with zero attached hydrogens (tertiary/aromatic N) is 3. The second kappa shape index (κ2) is 9.90. The zero-order valence-corrected chi connectivity index (χ0v) is 15.2. The van der Waals surface area contributed by atoms with Gasteiger partial charge < -0.3 is 15.0 Å². The van der Waals surface area contributed by atoms with Crippen molar-refractivity contribution in [2.75, 3.05) is 32.6 Å². The Balaban J connectivity index is 2.00. The number of nitrogens with one attached hydrogen (secondary N) is 2. The molecule has 0 bridgehead atoms. The normalized spacial score (nSPS) is 11.0. The predicted octanol–water partition coefficient (Wildman–Crippen LogP) is 2.68. The first-order chi connectivity index (χ1) is 12.1. The average Bonchev–Trinajstić information content (AvgIpc) is 3.07. The molecule has 0 saturated carbocycles. The van der Waals surface area contributed by atoms with Gasteiger partial charge in [-0.05, 0) is 32.1 Å². The second-order valence-electron chi connectivity index (χ2n) is 6.08. The Morgan fingerprint density at radius 2 is 2.20 bits per heavy atom. The lowest BCUT2D eigenvalue weighted by atomic mass is 10.1. The molecule has 7 nitrogen and oxygen atoms in total. The second-order valence-corrected chi connectivity index (χ2v) is 6.08. The molecule has 2 N–H and O–H groups in total. The average molecular weight is 345 g/mol. The first-order valence-electron chi connectivity index (χ1n) is 8.60. The summed E-state index contributed by atoms with van der Waals surface area (Å²) in [6.45, 7) is 4.48. The van der Waals surface area contributed by atoms with Crippen LogP contribution in [0.2, 0.25) is 0 Å². The predicted molar refractivity (Wildman–Crippen MR) is 98.2 cm³/mol. The standard InChI is InChI=1S/C18H27N5O2/c1-4-5-9-23(2)13-15-12-20-22-18(15)14-6-7-16(19-11-14)21-17(24)8-10-25-3/h6-7,11-12H,4-5,8-10,13H2,1-3H3,(H,20,22)(H,19,21,24). The number of rotatable bonds is 10. The summed E-state index contributed by atoms with van der Waals surface area (Å²) in [6.07, 6.45) is 6.29. The molecule has 2 aromatic rings. The van der Waals surface area contributed by atoms with Crippen molar-refractivity contribution in [1.82, 2.24) is 20.1 Å². The van der Waals surface area contributed by atoms with Crippen LogP contribution >= 0.6 is 0 Å². The van der Waals surface area contributed by atoms with Crippen LogP contribution in [-0.2, 0) is 16.1 Å². The van der Waals surface area contributed by atoms with E-state index < -0.39 is 0 Å². The van der Waals surface area contributed by atoms with Crippen LogP contribution in [0, 0.1) is 0 Å². The van der Waals surface area contributed by atoms with E-state index in [4.69, 9.17) is 4.74 Å². The van der Waals surface area contributed by atoms with Gasteiger partial charge in [0.1, 0.15) is 5.82 Å². The summed E-state index contributed by atoms with van der Waals surface area (Å²) in [7, 11) is 3.69. The van der Waals surface area contributed by atoms with E-state index in [-0.39, 0.29) is 5.91 Å². The highest BCUT2D eigenvalue weighted by molar-refractivity contribution is 5.89. The van der Waals surface area contributed by atoms with Gasteiger partial charge in [0, 0.05) is 31.0 Å². The van der Waals surface area contributed by atoms with E-state index in [1.807, 2.05) is 12.3 Å². The van der Waals surface area contributed by atoms with Gasteiger partial charge in [0.25, 0.3) is 0 Å². The lowest BCUT2D eigenvalue weighted by molar-refractivity contribution is -0.117. The number of methoxy groups -OCH3 is 1. The molecule has 0 atom stereocenters. The van der Waals surface area contributed by atoms with Gasteiger partial charge in [0.05, 0.1) is 24.9 Å². The van der Waals surface area contributed by atoms with Gasteiger partial charge >= 0.3 is 0 Å². The monoisotopic (exact) mass is 345 g/mol. The minimum absolute atomic E-state index is 0.109. The van der Waals surface area contributed by atoms with E-state index in [1.165, 1.54) is 12.8 Å². The van der Waals surface area contributed by atoms with Crippen LogP contribution in [0.5, 0.6) is 0 Å². The Hall–Kier alpha value is -2.25. The molecule has 0 saturated heterocycles. The molecule has 0 unspecified atom stereocenters. The summed E-state index contributed by atoms with van der Waals surface area (Å²) in [4.78, 5) is 18.3. The van der Waals surface area contributed by atoms with Gasteiger partial charge in [-0.15, -0.1) is 0 Å². The highest BCUT2D eigenvalue weighted by Crippen LogP contribution is 2.22. The fourth-order valence-corrected chi connectivity index (χ4v) is 2.49. The maximum atomic E-state index is 11.7. The van der Waals surface area contributed by atoms with Crippen LogP contribution in [0.4, 0.5) is 5.82 Å². The van der Waals surface area contributed by atoms with Crippen molar-refractivity contribution in [1.29, 1.82) is 0 Å². The van der Waals surface area contributed by atoms with Crippen molar-refractivity contribution in [2.24, 2.45) is 0 Å². The van der Waals surface area contributed by atoms with Gasteiger partial charge in [-0.2, -0.15) is 5.10 Å². The molecule has 1 amide bonds. The molecule has 2 aromatic heterocycles. The van der Waals surface area contributed by atoms with Crippen LogP contribution < -0.4 is 5.32 Å². The van der Waals surface area contributed by atoms with Crippen molar-refractivity contribution in [3.63, 3.8) is 0 Å². The van der Waals surface area contributed by atoms with Crippen molar-refractivity contribution < 1.29 is 9.53 Å². The number of carbonyl (C=O) groups excluding carboxylic acids is 1. The third-order valence-electron chi connectivity index (χ3n) is 3.90. The Morgan fingerprint density at radius 3 is 2.88 bits per heavy atom. The van der Waals surface area contributed by atoms with Crippen LogP contribution in [0.25, 0.3) is 11.3 Å². The fourth-order valence-electron chi connectivity index (χ4n) is 2.49. The molecule has 25 heavy (non-hydrogen) atoms. The van der Waals surface area contributed by atoms with Gasteiger partial charge in [-0.1, -0.05) is 13.3 Å². The fraction of sp³-hybridized carbons (Fsp3) is 0.500. The lowest BCUT2D eigenvalue weighted by Gasteiger charge is -2.16. The number of unbranched alkanes of at least 4 members (excludes halogenated alkanes) is 1. The SMILES string of the molecule is CCCCN(C)Cc1cn[nH]c1-c1ccc(NC(=O)CCOC)nc1. The molecule has 136 valence electrons. The molecule has 2 heterocycles. The van der Waals surface area contributed by atoms with Gasteiger partial charge in [0.15, 0.2) is 0 Å². The molecule has 0 aliphatic rings. The topological polar surface area (TPSA) is 83.1 Å². The maximum Gasteiger partial charge on any atom is 0.227 e. The van der Waals surface area contributed by atoms with Crippen LogP contribution in [0.3, 0.4) is 0 Å². The van der Waals surface area contributed by atoms with Gasteiger partial charge in [-0.3, -0.25) is 9.89 Å². The number of hydrogen-bond donors (Lipinski definition) is 2. The highest BCUT2D eigenvalue weighted by Gasteiger charge is 2.11. The quantitative estimate of drug-likeness (QED) is 0.692. The summed E-state index contributed by atoms with van der Waals surface area (Å²) in [5.41, 5.74) is 3.05. The number of H-pyrrole nitrogens is 1. The number of aromatic amines is 1. The molecule has 0 aromatic carbocycles. The van der Waals surface area contributed by atoms with E-state index in [1.54, 1.807) is 19.4 Å². The summed E-state index contributed by atoms with van der Waals surface area (Å²) in [5.74, 6) is 0.424. The molecule has 0 aliphatic heterocycles. The molecule has 2 rings (SSSR count). The number of carbonyl (C=O) groups is 1. The summed E-state index contributed by atoms with van der Waals surface area (Å²) in [5, 5.41) is 9.98. The number of aromatic nitrogens is 3. The largest absolute Gasteiger partial charge is 0.384 e. The lowest BCUT2D eigenvalue weighted by Crippen LogP contribution is -2.19. The molecular weight excluding hydrogens is 318 g/mol. The number of amides is 1. The van der Waals surface area contributed by atoms with Crippen molar-refractivity contribution in [3.8, 4) is 11.3 Å². The third-order valence-corrected chi connectivity index (χ3v) is 3.90. The number of ether oxygens (including phenoxy) is 1. The smallest absolute Gasteiger partial charge is 0.227 e. The van der Waals surface area contributed by atoms with Crippen LogP contribution in [0.1, 0.15) is 31.7 Å². The number of anilines is 1. The van der Waals surface area contributed by atoms with E-state index in [0.717, 1.165) is 29.9 Å². The molecule has 0 fully saturated rings. The third kappa shape index (κ3) is 5.95. The Bertz CT molecular complexity index is 654. The van der Waals surface area contributed by atoms with Crippen molar-refractivity contribution >= 4 is 11.7 Å². The molecule has 0 radical (unpaired) electrons. The van der Waals surface area contributed by atoms with Gasteiger partial charge in [0.2, 0.25) is 5.91 Å². The Kier molecular flexibility index (Phi) is 7.56. The summed E-state index contributed by atoms with van der Waals surface area (Å²) >= 11 is 0. The highest BCUT2D eigenvalue weighted by atomic mass is 16.5. The first kappa shape index (κ1) is 19.1. The van der Waals surface area contributed by atoms with E-state index in [2.05, 4.69) is 39.4 Å². The summed E-state index contributed by atoms with van der Waals surface area (Å²) in [6, 6.07) is 3.73. The van der Waals surface area contributed by atoms with Crippen LogP contribution in [0.15, 0.2) is 24.5 Å². The zero-order valence-electron chi connectivity index (χ0n) is 15.2. The zero-order chi connectivity index (χ0) is 18.1. The molecule has 7 heteroatoms. The van der Waals surface area contributed by atoms with Crippen molar-refractivity contribution in [2.45, 2.75) is 32.7 Å². The minimum atomic E-state index is -0.109. The molecular formula is C18H27N5O2. The Morgan fingerprint density at radius 1 is 1.36 bits per heavy atom. The maximum absolute atomic E-state index is 11.7. The van der Waals surface area contributed by atoms with Crippen molar-refractivity contribution in [3.05, 3.63) is 30.1 Å². The summed E-state index contributed by atoms with van der Waals surface area (Å²) < 4.78 is 4.89. The minimum Gasteiger partial charge on any atom is -0.384 e. The molecule has 0 aliphatic carbocycles. The first-order valence-corrected chi connectivity index (χ1v) is 8.60. The van der Waals surface area contributed by atoms with Gasteiger partial charge in [-0.25, -0.2) is 4.98 Å². The van der Waals surface area contributed by atoms with Crippen LogP contribution in [-0.4, -0.2) is 53.3 Å². The number of hydrogen-bond acceptors (Lipinski definition) is 5. The number of pyridine rings is 1. The van der Waals surface area contributed by atoms with E-state index >= 15 is 0 Å².